The third-order valence-electron chi connectivity index (χ3n) is 2.43. The van der Waals surface area contributed by atoms with Crippen LogP contribution in [0.4, 0.5) is 0 Å². The van der Waals surface area contributed by atoms with E-state index in [4.69, 9.17) is 0 Å². The van der Waals surface area contributed by atoms with Crippen LogP contribution in [0.5, 0.6) is 0 Å². The lowest BCUT2D eigenvalue weighted by atomic mass is 10.1. The first kappa shape index (κ1) is 14.7. The molecule has 0 rings (SSSR count). The Labute approximate surface area is 95.7 Å². The summed E-state index contributed by atoms with van der Waals surface area (Å²) in [5, 5.41) is 3.46. The van der Waals surface area contributed by atoms with Crippen molar-refractivity contribution in [3.05, 3.63) is 12.2 Å². The average Bonchev–Trinajstić information content (AvgIpc) is 2.09. The number of likely N-dealkylation sites (N-methyl/N-ethyl adjacent to an activating group) is 1. The fourth-order valence-electron chi connectivity index (χ4n) is 1.39. The molecule has 0 aliphatic heterocycles. The second-order valence-corrected chi connectivity index (χ2v) is 5.51. The van der Waals surface area contributed by atoms with Gasteiger partial charge in [-0.2, -0.15) is 0 Å². The van der Waals surface area contributed by atoms with Gasteiger partial charge in [-0.05, 0) is 46.7 Å². The molecule has 0 amide bonds. The lowest BCUT2D eigenvalue weighted by Crippen LogP contribution is -2.40. The van der Waals surface area contributed by atoms with E-state index >= 15 is 0 Å². The first-order valence-electron chi connectivity index (χ1n) is 5.92. The Morgan fingerprint density at radius 1 is 1.33 bits per heavy atom. The lowest BCUT2D eigenvalue weighted by molar-refractivity contribution is 0.251. The molecule has 0 spiro atoms. The minimum atomic E-state index is 0.178. The second kappa shape index (κ2) is 6.29. The van der Waals surface area contributed by atoms with Gasteiger partial charge in [-0.3, -0.25) is 4.90 Å². The highest BCUT2D eigenvalue weighted by atomic mass is 15.1. The van der Waals surface area contributed by atoms with Crippen molar-refractivity contribution in [2.24, 2.45) is 0 Å². The van der Waals surface area contributed by atoms with Crippen LogP contribution in [0.2, 0.25) is 0 Å². The molecule has 2 nitrogen and oxygen atoms in total. The van der Waals surface area contributed by atoms with E-state index in [9.17, 15) is 0 Å². The van der Waals surface area contributed by atoms with Crippen LogP contribution in [-0.2, 0) is 0 Å². The van der Waals surface area contributed by atoms with Crippen molar-refractivity contribution in [2.45, 2.75) is 53.1 Å². The minimum Gasteiger partial charge on any atom is -0.308 e. The van der Waals surface area contributed by atoms with Gasteiger partial charge in [-0.25, -0.2) is 0 Å². The Kier molecular flexibility index (Phi) is 6.15. The van der Waals surface area contributed by atoms with Gasteiger partial charge in [0, 0.05) is 24.7 Å². The minimum absolute atomic E-state index is 0.178. The number of rotatable bonds is 6. The molecular formula is C13H28N2. The molecule has 0 saturated carbocycles. The van der Waals surface area contributed by atoms with Gasteiger partial charge in [0.05, 0.1) is 0 Å². The standard InChI is InChI=1S/C13H28N2/c1-8-15(11(2)3)10-12(4)9-14-13(5,6)7/h11,14H,4,8-10H2,1-3,5-7H3. The first-order valence-corrected chi connectivity index (χ1v) is 5.92. The third kappa shape index (κ3) is 7.57. The van der Waals surface area contributed by atoms with Gasteiger partial charge >= 0.3 is 0 Å². The Hall–Kier alpha value is -0.340. The molecule has 0 atom stereocenters. The zero-order valence-corrected chi connectivity index (χ0v) is 11.4. The predicted molar refractivity (Wildman–Crippen MR) is 69.3 cm³/mol. The van der Waals surface area contributed by atoms with E-state index in [1.807, 2.05) is 0 Å². The van der Waals surface area contributed by atoms with Gasteiger partial charge in [0.15, 0.2) is 0 Å². The summed E-state index contributed by atoms with van der Waals surface area (Å²) in [7, 11) is 0. The van der Waals surface area contributed by atoms with E-state index in [2.05, 4.69) is 58.3 Å². The molecule has 0 aliphatic rings. The van der Waals surface area contributed by atoms with Crippen molar-refractivity contribution >= 4 is 0 Å². The van der Waals surface area contributed by atoms with Crippen LogP contribution in [0.15, 0.2) is 12.2 Å². The van der Waals surface area contributed by atoms with Gasteiger partial charge in [-0.15, -0.1) is 0 Å². The summed E-state index contributed by atoms with van der Waals surface area (Å²) in [6, 6.07) is 0.599. The lowest BCUT2D eigenvalue weighted by Gasteiger charge is -2.27. The van der Waals surface area contributed by atoms with E-state index in [1.165, 1.54) is 5.57 Å². The number of hydrogen-bond donors (Lipinski definition) is 1. The molecular weight excluding hydrogens is 184 g/mol. The smallest absolute Gasteiger partial charge is 0.0205 e. The van der Waals surface area contributed by atoms with Crippen LogP contribution in [-0.4, -0.2) is 36.1 Å². The Morgan fingerprint density at radius 2 is 1.87 bits per heavy atom. The summed E-state index contributed by atoms with van der Waals surface area (Å²) in [4.78, 5) is 2.42. The predicted octanol–water partition coefficient (Wildman–Crippen LogP) is 2.66. The number of hydrogen-bond acceptors (Lipinski definition) is 2. The molecule has 90 valence electrons. The first-order chi connectivity index (χ1) is 6.76. The molecule has 0 fully saturated rings. The van der Waals surface area contributed by atoms with Crippen LogP contribution < -0.4 is 5.32 Å². The van der Waals surface area contributed by atoms with Gasteiger partial charge in [-0.1, -0.05) is 13.5 Å². The quantitative estimate of drug-likeness (QED) is 0.681. The van der Waals surface area contributed by atoms with Crippen molar-refractivity contribution < 1.29 is 0 Å². The molecule has 0 bridgehead atoms. The van der Waals surface area contributed by atoms with Crippen molar-refractivity contribution in [3.8, 4) is 0 Å². The van der Waals surface area contributed by atoms with Crippen LogP contribution in [0.1, 0.15) is 41.5 Å². The fourth-order valence-corrected chi connectivity index (χ4v) is 1.39. The molecule has 0 saturated heterocycles. The maximum Gasteiger partial charge on any atom is 0.0205 e. The van der Waals surface area contributed by atoms with Crippen LogP contribution >= 0.6 is 0 Å². The van der Waals surface area contributed by atoms with Crippen molar-refractivity contribution in [3.63, 3.8) is 0 Å². The Bertz CT molecular complexity index is 189. The van der Waals surface area contributed by atoms with E-state index in [1.54, 1.807) is 0 Å². The summed E-state index contributed by atoms with van der Waals surface area (Å²) >= 11 is 0. The summed E-state index contributed by atoms with van der Waals surface area (Å²) in [6.07, 6.45) is 0. The molecule has 0 heterocycles. The number of nitrogens with one attached hydrogen (secondary N) is 1. The molecule has 15 heavy (non-hydrogen) atoms. The molecule has 0 aromatic rings. The van der Waals surface area contributed by atoms with Gasteiger partial charge < -0.3 is 5.32 Å². The summed E-state index contributed by atoms with van der Waals surface area (Å²) in [5.74, 6) is 0. The fraction of sp³-hybridized carbons (Fsp3) is 0.846. The van der Waals surface area contributed by atoms with Crippen molar-refractivity contribution in [1.29, 1.82) is 0 Å². The van der Waals surface area contributed by atoms with E-state index < -0.39 is 0 Å². The number of nitrogens with zero attached hydrogens (tertiary/aromatic N) is 1. The molecule has 0 aliphatic carbocycles. The monoisotopic (exact) mass is 212 g/mol. The van der Waals surface area contributed by atoms with E-state index in [-0.39, 0.29) is 5.54 Å². The van der Waals surface area contributed by atoms with Crippen molar-refractivity contribution in [1.82, 2.24) is 10.2 Å². The highest BCUT2D eigenvalue weighted by molar-refractivity contribution is 5.01. The average molecular weight is 212 g/mol. The van der Waals surface area contributed by atoms with Crippen LogP contribution in [0.25, 0.3) is 0 Å². The second-order valence-electron chi connectivity index (χ2n) is 5.51. The Morgan fingerprint density at radius 3 is 2.20 bits per heavy atom. The van der Waals surface area contributed by atoms with Gasteiger partial charge in [0.1, 0.15) is 0 Å². The molecule has 2 heteroatoms. The zero-order valence-electron chi connectivity index (χ0n) is 11.4. The molecule has 1 N–H and O–H groups in total. The van der Waals surface area contributed by atoms with E-state index in [0.29, 0.717) is 6.04 Å². The maximum absolute atomic E-state index is 4.12. The molecule has 0 aromatic carbocycles. The van der Waals surface area contributed by atoms with Gasteiger partial charge in [0.25, 0.3) is 0 Å². The highest BCUT2D eigenvalue weighted by Gasteiger charge is 2.11. The normalized spacial score (nSPS) is 12.5. The third-order valence-corrected chi connectivity index (χ3v) is 2.43. The zero-order chi connectivity index (χ0) is 12.1. The molecule has 0 unspecified atom stereocenters. The summed E-state index contributed by atoms with van der Waals surface area (Å²) < 4.78 is 0. The molecule has 0 radical (unpaired) electrons. The van der Waals surface area contributed by atoms with Crippen LogP contribution in [0, 0.1) is 0 Å². The van der Waals surface area contributed by atoms with Crippen LogP contribution in [0.3, 0.4) is 0 Å². The topological polar surface area (TPSA) is 15.3 Å². The van der Waals surface area contributed by atoms with E-state index in [0.717, 1.165) is 19.6 Å². The molecule has 0 aromatic heterocycles. The Balaban J connectivity index is 3.92. The SMILES string of the molecule is C=C(CNC(C)(C)C)CN(CC)C(C)C. The largest absolute Gasteiger partial charge is 0.308 e. The maximum atomic E-state index is 4.12. The van der Waals surface area contributed by atoms with Gasteiger partial charge in [0.2, 0.25) is 0 Å². The van der Waals surface area contributed by atoms with Crippen molar-refractivity contribution in [2.75, 3.05) is 19.6 Å². The highest BCUT2D eigenvalue weighted by Crippen LogP contribution is 2.04. The summed E-state index contributed by atoms with van der Waals surface area (Å²) in [6.45, 7) is 20.3. The summed E-state index contributed by atoms with van der Waals surface area (Å²) in [5.41, 5.74) is 1.44.